The first-order valence-electron chi connectivity index (χ1n) is 5.97. The summed E-state index contributed by atoms with van der Waals surface area (Å²) < 4.78 is 154. The van der Waals surface area contributed by atoms with Gasteiger partial charge >= 0.3 is 24.7 Å². The van der Waals surface area contributed by atoms with Crippen LogP contribution in [-0.2, 0) is 24.7 Å². The van der Waals surface area contributed by atoms with Gasteiger partial charge in [0.15, 0.2) is 0 Å². The van der Waals surface area contributed by atoms with Gasteiger partial charge in [-0.05, 0) is 18.6 Å². The van der Waals surface area contributed by atoms with Gasteiger partial charge in [0.1, 0.15) is 0 Å². The minimum atomic E-state index is -6.43. The first-order chi connectivity index (χ1) is 10.8. The van der Waals surface area contributed by atoms with Gasteiger partial charge in [-0.2, -0.15) is 52.7 Å². The molecule has 25 heavy (non-hydrogen) atoms. The van der Waals surface area contributed by atoms with Crippen molar-refractivity contribution >= 4 is 0 Å². The van der Waals surface area contributed by atoms with E-state index in [1.54, 1.807) is 0 Å². The Kier molecular flexibility index (Phi) is 5.09. The maximum Gasteiger partial charge on any atom is 0.417 e. The zero-order valence-electron chi connectivity index (χ0n) is 11.6. The van der Waals surface area contributed by atoms with Gasteiger partial charge in [-0.25, -0.2) is 0 Å². The molecule has 0 aromatic heterocycles. The molecule has 0 amide bonds. The molecule has 0 heterocycles. The Morgan fingerprint density at radius 3 is 1.24 bits per heavy atom. The van der Waals surface area contributed by atoms with Gasteiger partial charge in [-0.15, -0.1) is 0 Å². The number of benzene rings is 1. The SMILES string of the molecule is CC(O)c1cc(C(F)(F)F)c(C(F)(F)F)c(C(F)(F)F)c1C(F)(F)F. The van der Waals surface area contributed by atoms with Gasteiger partial charge in [0, 0.05) is 0 Å². The number of hydrogen-bond acceptors (Lipinski definition) is 1. The molecule has 0 fully saturated rings. The van der Waals surface area contributed by atoms with Crippen LogP contribution in [0.4, 0.5) is 52.7 Å². The fourth-order valence-electron chi connectivity index (χ4n) is 2.14. The molecule has 13 heteroatoms. The molecule has 1 nitrogen and oxygen atoms in total. The molecule has 0 saturated carbocycles. The van der Waals surface area contributed by atoms with E-state index in [1.165, 1.54) is 0 Å². The third-order valence-electron chi connectivity index (χ3n) is 2.96. The highest BCUT2D eigenvalue weighted by Gasteiger charge is 2.56. The molecule has 0 aliphatic carbocycles. The van der Waals surface area contributed by atoms with Crippen molar-refractivity contribution in [2.24, 2.45) is 0 Å². The number of rotatable bonds is 1. The van der Waals surface area contributed by atoms with Gasteiger partial charge in [0.25, 0.3) is 0 Å². The molecule has 1 rings (SSSR count). The third-order valence-corrected chi connectivity index (χ3v) is 2.96. The second kappa shape index (κ2) is 5.95. The van der Waals surface area contributed by atoms with Crippen LogP contribution in [0.25, 0.3) is 0 Å². The Bertz CT molecular complexity index is 645. The minimum Gasteiger partial charge on any atom is -0.389 e. The fourth-order valence-corrected chi connectivity index (χ4v) is 2.14. The van der Waals surface area contributed by atoms with Crippen molar-refractivity contribution in [3.8, 4) is 0 Å². The van der Waals surface area contributed by atoms with Crippen LogP contribution in [0.2, 0.25) is 0 Å². The first kappa shape index (κ1) is 21.4. The van der Waals surface area contributed by atoms with Gasteiger partial charge in [-0.3, -0.25) is 0 Å². The van der Waals surface area contributed by atoms with E-state index in [-0.39, 0.29) is 0 Å². The zero-order chi connectivity index (χ0) is 20.2. The van der Waals surface area contributed by atoms with Gasteiger partial charge in [0.05, 0.1) is 28.4 Å². The highest BCUT2D eigenvalue weighted by atomic mass is 19.4. The van der Waals surface area contributed by atoms with Crippen LogP contribution in [0, 0.1) is 0 Å². The first-order valence-corrected chi connectivity index (χ1v) is 5.97. The summed E-state index contributed by atoms with van der Waals surface area (Å²) in [6.07, 6.45) is -27.5. The Labute approximate surface area is 130 Å². The lowest BCUT2D eigenvalue weighted by Crippen LogP contribution is -2.29. The Morgan fingerprint density at radius 2 is 1.00 bits per heavy atom. The second-order valence-electron chi connectivity index (χ2n) is 4.81. The van der Waals surface area contributed by atoms with E-state index in [9.17, 15) is 52.7 Å². The topological polar surface area (TPSA) is 20.2 Å². The molecule has 1 aromatic carbocycles. The highest BCUT2D eigenvalue weighted by molar-refractivity contribution is 5.52. The summed E-state index contributed by atoms with van der Waals surface area (Å²) >= 11 is 0. The van der Waals surface area contributed by atoms with Crippen LogP contribution in [0.5, 0.6) is 0 Å². The molecule has 1 atom stereocenters. The van der Waals surface area contributed by atoms with E-state index >= 15 is 0 Å². The standard InChI is InChI=1S/C12H6F12O/c1-3(25)4-2-5(9(13,14)15)7(11(19,20)21)8(12(22,23)24)6(4)10(16,17)18/h2-3,25H,1H3. The average Bonchev–Trinajstić information content (AvgIpc) is 2.31. The van der Waals surface area contributed by atoms with E-state index in [0.717, 1.165) is 0 Å². The Hall–Kier alpha value is -1.66. The van der Waals surface area contributed by atoms with Crippen LogP contribution in [-0.4, -0.2) is 5.11 Å². The van der Waals surface area contributed by atoms with Crippen LogP contribution in [0.1, 0.15) is 40.8 Å². The summed E-state index contributed by atoms with van der Waals surface area (Å²) in [4.78, 5) is 0. The largest absolute Gasteiger partial charge is 0.417 e. The molecule has 1 unspecified atom stereocenters. The van der Waals surface area contributed by atoms with Crippen LogP contribution in [0.15, 0.2) is 6.07 Å². The van der Waals surface area contributed by atoms with Gasteiger partial charge in [-0.1, -0.05) is 0 Å². The lowest BCUT2D eigenvalue weighted by Gasteiger charge is -2.27. The maximum absolute atomic E-state index is 12.9. The smallest absolute Gasteiger partial charge is 0.389 e. The minimum absolute atomic E-state index is 0.387. The van der Waals surface area contributed by atoms with E-state index in [1.807, 2.05) is 0 Å². The number of halogens is 12. The quantitative estimate of drug-likeness (QED) is 0.596. The second-order valence-corrected chi connectivity index (χ2v) is 4.81. The molecule has 1 aromatic rings. The predicted octanol–water partition coefficient (Wildman–Crippen LogP) is 5.82. The molecule has 0 aliphatic rings. The molecular weight excluding hydrogens is 388 g/mol. The van der Waals surface area contributed by atoms with E-state index in [2.05, 4.69) is 0 Å². The molecule has 0 saturated heterocycles. The van der Waals surface area contributed by atoms with Crippen molar-refractivity contribution in [2.45, 2.75) is 37.7 Å². The van der Waals surface area contributed by atoms with Crippen molar-refractivity contribution in [1.82, 2.24) is 0 Å². The Balaban J connectivity index is 4.32. The summed E-state index contributed by atoms with van der Waals surface area (Å²) in [7, 11) is 0. The normalized spacial score (nSPS) is 15.4. The molecule has 0 spiro atoms. The molecule has 0 radical (unpaired) electrons. The zero-order valence-corrected chi connectivity index (χ0v) is 11.6. The lowest BCUT2D eigenvalue weighted by molar-refractivity contribution is -0.183. The summed E-state index contributed by atoms with van der Waals surface area (Å²) in [6.45, 7) is 0.387. The summed E-state index contributed by atoms with van der Waals surface area (Å²) in [5.74, 6) is 0. The van der Waals surface area contributed by atoms with Crippen molar-refractivity contribution in [1.29, 1.82) is 0 Å². The summed E-state index contributed by atoms with van der Waals surface area (Å²) in [5, 5.41) is 9.13. The summed E-state index contributed by atoms with van der Waals surface area (Å²) in [6, 6.07) is -0.772. The van der Waals surface area contributed by atoms with Crippen molar-refractivity contribution < 1.29 is 57.8 Å². The molecular formula is C12H6F12O. The van der Waals surface area contributed by atoms with E-state index in [0.29, 0.717) is 6.92 Å². The van der Waals surface area contributed by atoms with E-state index in [4.69, 9.17) is 5.11 Å². The number of aliphatic hydroxyl groups is 1. The van der Waals surface area contributed by atoms with Gasteiger partial charge in [0.2, 0.25) is 0 Å². The van der Waals surface area contributed by atoms with E-state index < -0.39 is 64.7 Å². The van der Waals surface area contributed by atoms with Crippen LogP contribution < -0.4 is 0 Å². The number of aliphatic hydroxyl groups excluding tert-OH is 1. The monoisotopic (exact) mass is 394 g/mol. The van der Waals surface area contributed by atoms with Crippen molar-refractivity contribution in [3.63, 3.8) is 0 Å². The van der Waals surface area contributed by atoms with Crippen molar-refractivity contribution in [2.75, 3.05) is 0 Å². The van der Waals surface area contributed by atoms with Crippen LogP contribution in [0.3, 0.4) is 0 Å². The maximum atomic E-state index is 12.9. The molecule has 0 aliphatic heterocycles. The van der Waals surface area contributed by atoms with Gasteiger partial charge < -0.3 is 5.11 Å². The van der Waals surface area contributed by atoms with Crippen molar-refractivity contribution in [3.05, 3.63) is 33.9 Å². The lowest BCUT2D eigenvalue weighted by atomic mass is 9.88. The number of hydrogen-bond donors (Lipinski definition) is 1. The fraction of sp³-hybridized carbons (Fsp3) is 0.500. The highest BCUT2D eigenvalue weighted by Crippen LogP contribution is 2.52. The number of alkyl halides is 12. The molecule has 1 N–H and O–H groups in total. The van der Waals surface area contributed by atoms with Crippen LogP contribution >= 0.6 is 0 Å². The molecule has 144 valence electrons. The average molecular weight is 394 g/mol. The summed E-state index contributed by atoms with van der Waals surface area (Å²) in [5.41, 5.74) is -15.0. The predicted molar refractivity (Wildman–Crippen MR) is 57.1 cm³/mol. The third kappa shape index (κ3) is 4.30. The Morgan fingerprint density at radius 1 is 0.640 bits per heavy atom. The molecule has 0 bridgehead atoms.